The maximum Gasteiger partial charge on any atom is 0.204 e. The third-order valence-electron chi connectivity index (χ3n) is 4.44. The number of hydrogen-bond donors (Lipinski definition) is 1. The molecule has 1 aliphatic rings. The van der Waals surface area contributed by atoms with E-state index >= 15 is 0 Å². The molecule has 19 heavy (non-hydrogen) atoms. The monoisotopic (exact) mass is 264 g/mol. The van der Waals surface area contributed by atoms with Crippen LogP contribution in [0.15, 0.2) is 6.20 Å². The largest absolute Gasteiger partial charge is 0.348 e. The van der Waals surface area contributed by atoms with E-state index in [-0.39, 0.29) is 0 Å². The first-order chi connectivity index (χ1) is 9.13. The fraction of sp³-hybridized carbons (Fsp3) is 0.800. The van der Waals surface area contributed by atoms with Crippen LogP contribution in [0.5, 0.6) is 0 Å². The summed E-state index contributed by atoms with van der Waals surface area (Å²) in [6.07, 6.45) is 8.80. The predicted molar refractivity (Wildman–Crippen MR) is 80.4 cm³/mol. The van der Waals surface area contributed by atoms with Crippen molar-refractivity contribution in [1.82, 2.24) is 14.9 Å². The number of anilines is 1. The number of rotatable bonds is 5. The number of aromatic nitrogens is 2. The van der Waals surface area contributed by atoms with Gasteiger partial charge in [0.05, 0.1) is 11.9 Å². The summed E-state index contributed by atoms with van der Waals surface area (Å²) in [6.45, 7) is 3.25. The van der Waals surface area contributed by atoms with Gasteiger partial charge in [-0.2, -0.15) is 0 Å². The first-order valence-electron chi connectivity index (χ1n) is 7.54. The average molecular weight is 264 g/mol. The molecule has 4 nitrogen and oxygen atoms in total. The number of hydrogen-bond acceptors (Lipinski definition) is 3. The summed E-state index contributed by atoms with van der Waals surface area (Å²) in [5.41, 5.74) is 1.27. The highest BCUT2D eigenvalue weighted by molar-refractivity contribution is 5.30. The lowest BCUT2D eigenvalue weighted by molar-refractivity contribution is 0.253. The van der Waals surface area contributed by atoms with Crippen molar-refractivity contribution in [2.75, 3.05) is 19.0 Å². The number of imidazole rings is 1. The Morgan fingerprint density at radius 2 is 2.11 bits per heavy atom. The van der Waals surface area contributed by atoms with Gasteiger partial charge < -0.3 is 14.8 Å². The van der Waals surface area contributed by atoms with Gasteiger partial charge in [-0.15, -0.1) is 0 Å². The van der Waals surface area contributed by atoms with E-state index in [1.54, 1.807) is 0 Å². The van der Waals surface area contributed by atoms with Gasteiger partial charge in [0.15, 0.2) is 0 Å². The van der Waals surface area contributed by atoms with Crippen LogP contribution in [0.25, 0.3) is 0 Å². The van der Waals surface area contributed by atoms with E-state index in [0.717, 1.165) is 18.4 Å². The van der Waals surface area contributed by atoms with Crippen LogP contribution in [0.3, 0.4) is 0 Å². The van der Waals surface area contributed by atoms with E-state index in [1.165, 1.54) is 37.8 Å². The van der Waals surface area contributed by atoms with Gasteiger partial charge in [-0.3, -0.25) is 0 Å². The summed E-state index contributed by atoms with van der Waals surface area (Å²) in [6, 6.07) is 0.691. The second-order valence-corrected chi connectivity index (χ2v) is 5.94. The van der Waals surface area contributed by atoms with E-state index < -0.39 is 0 Å². The number of nitrogens with one attached hydrogen (secondary N) is 1. The lowest BCUT2D eigenvalue weighted by Gasteiger charge is -2.31. The molecule has 1 N–H and O–H groups in total. The van der Waals surface area contributed by atoms with Crippen LogP contribution in [-0.4, -0.2) is 29.7 Å². The van der Waals surface area contributed by atoms with Crippen LogP contribution in [0.2, 0.25) is 0 Å². The molecular weight excluding hydrogens is 236 g/mol. The van der Waals surface area contributed by atoms with Gasteiger partial charge in [0.1, 0.15) is 0 Å². The minimum atomic E-state index is 0.691. The smallest absolute Gasteiger partial charge is 0.204 e. The van der Waals surface area contributed by atoms with E-state index in [0.29, 0.717) is 6.04 Å². The van der Waals surface area contributed by atoms with E-state index in [1.807, 2.05) is 20.3 Å². The molecule has 1 aromatic heterocycles. The first kappa shape index (κ1) is 14.4. The van der Waals surface area contributed by atoms with Crippen LogP contribution in [0, 0.1) is 5.92 Å². The lowest BCUT2D eigenvalue weighted by atomic mass is 9.83. The van der Waals surface area contributed by atoms with Gasteiger partial charge >= 0.3 is 0 Å². The first-order valence-corrected chi connectivity index (χ1v) is 7.54. The Kier molecular flexibility index (Phi) is 4.86. The van der Waals surface area contributed by atoms with Gasteiger partial charge in [-0.1, -0.05) is 26.2 Å². The number of nitrogens with zero attached hydrogens (tertiary/aromatic N) is 3. The van der Waals surface area contributed by atoms with Crippen LogP contribution in [-0.2, 0) is 13.6 Å². The van der Waals surface area contributed by atoms with Crippen molar-refractivity contribution in [2.45, 2.75) is 51.6 Å². The third-order valence-corrected chi connectivity index (χ3v) is 4.44. The summed E-state index contributed by atoms with van der Waals surface area (Å²) in [7, 11) is 6.17. The Morgan fingerprint density at radius 3 is 2.74 bits per heavy atom. The quantitative estimate of drug-likeness (QED) is 0.887. The molecule has 1 aromatic rings. The zero-order valence-electron chi connectivity index (χ0n) is 12.8. The van der Waals surface area contributed by atoms with E-state index in [9.17, 15) is 0 Å². The molecule has 108 valence electrons. The summed E-state index contributed by atoms with van der Waals surface area (Å²) >= 11 is 0. The second kappa shape index (κ2) is 6.42. The molecule has 0 aliphatic heterocycles. The summed E-state index contributed by atoms with van der Waals surface area (Å²) in [5.74, 6) is 1.88. The van der Waals surface area contributed by atoms with Crippen molar-refractivity contribution in [1.29, 1.82) is 0 Å². The highest BCUT2D eigenvalue weighted by Crippen LogP contribution is 2.27. The van der Waals surface area contributed by atoms with Crippen molar-refractivity contribution in [2.24, 2.45) is 13.0 Å². The Balaban J connectivity index is 1.94. The highest BCUT2D eigenvalue weighted by atomic mass is 15.3. The summed E-state index contributed by atoms with van der Waals surface area (Å²) < 4.78 is 2.18. The molecule has 0 bridgehead atoms. The normalized spacial score (nSPS) is 23.6. The van der Waals surface area contributed by atoms with E-state index in [4.69, 9.17) is 0 Å². The Hall–Kier alpha value is -1.03. The average Bonchev–Trinajstić information content (AvgIpc) is 2.78. The Labute approximate surface area is 117 Å². The topological polar surface area (TPSA) is 33.1 Å². The lowest BCUT2D eigenvalue weighted by Crippen LogP contribution is -2.38. The molecule has 1 heterocycles. The SMILES string of the molecule is CCC1CCCCC1NCc1cnc(N(C)C)n1C. The van der Waals surface area contributed by atoms with Crippen LogP contribution in [0.4, 0.5) is 5.95 Å². The molecular formula is C15H28N4. The molecule has 1 fully saturated rings. The molecule has 0 radical (unpaired) electrons. The van der Waals surface area contributed by atoms with Gasteiger partial charge in [0.2, 0.25) is 5.95 Å². The van der Waals surface area contributed by atoms with Crippen LogP contribution in [0.1, 0.15) is 44.7 Å². The maximum absolute atomic E-state index is 4.47. The van der Waals surface area contributed by atoms with Crippen molar-refractivity contribution in [3.05, 3.63) is 11.9 Å². The van der Waals surface area contributed by atoms with Crippen LogP contribution < -0.4 is 10.2 Å². The highest BCUT2D eigenvalue weighted by Gasteiger charge is 2.23. The zero-order valence-corrected chi connectivity index (χ0v) is 12.8. The zero-order chi connectivity index (χ0) is 13.8. The van der Waals surface area contributed by atoms with E-state index in [2.05, 4.69) is 33.7 Å². The summed E-state index contributed by atoms with van der Waals surface area (Å²) in [5, 5.41) is 3.75. The van der Waals surface area contributed by atoms with Crippen LogP contribution >= 0.6 is 0 Å². The fourth-order valence-corrected chi connectivity index (χ4v) is 3.21. The molecule has 2 atom stereocenters. The standard InChI is InChI=1S/C15H28N4/c1-5-12-8-6-7-9-14(12)16-10-13-11-17-15(18(2)3)19(13)4/h11-12,14,16H,5-10H2,1-4H3. The maximum atomic E-state index is 4.47. The fourth-order valence-electron chi connectivity index (χ4n) is 3.21. The van der Waals surface area contributed by atoms with Crippen molar-refractivity contribution in [3.8, 4) is 0 Å². The van der Waals surface area contributed by atoms with Gasteiger partial charge in [0.25, 0.3) is 0 Å². The Morgan fingerprint density at radius 1 is 1.37 bits per heavy atom. The van der Waals surface area contributed by atoms with Crippen molar-refractivity contribution >= 4 is 5.95 Å². The molecule has 2 rings (SSSR count). The molecule has 1 aliphatic carbocycles. The molecule has 0 saturated heterocycles. The molecule has 0 spiro atoms. The van der Waals surface area contributed by atoms with Gasteiger partial charge in [-0.05, 0) is 18.8 Å². The van der Waals surface area contributed by atoms with Gasteiger partial charge in [-0.25, -0.2) is 4.98 Å². The summed E-state index contributed by atoms with van der Waals surface area (Å²) in [4.78, 5) is 6.52. The predicted octanol–water partition coefficient (Wildman–Crippen LogP) is 2.54. The molecule has 1 saturated carbocycles. The molecule has 4 heteroatoms. The molecule has 0 aromatic carbocycles. The minimum absolute atomic E-state index is 0.691. The molecule has 0 amide bonds. The third kappa shape index (κ3) is 3.30. The van der Waals surface area contributed by atoms with Crippen molar-refractivity contribution in [3.63, 3.8) is 0 Å². The Bertz CT molecular complexity index is 397. The van der Waals surface area contributed by atoms with Gasteiger partial charge in [0, 0.05) is 33.7 Å². The van der Waals surface area contributed by atoms with Crippen molar-refractivity contribution < 1.29 is 0 Å². The second-order valence-electron chi connectivity index (χ2n) is 5.94. The molecule has 2 unspecified atom stereocenters. The minimum Gasteiger partial charge on any atom is -0.348 e.